The molecule has 1 heterocycles. The van der Waals surface area contributed by atoms with Gasteiger partial charge in [0.15, 0.2) is 0 Å². The summed E-state index contributed by atoms with van der Waals surface area (Å²) in [7, 11) is 0. The predicted octanol–water partition coefficient (Wildman–Crippen LogP) is 2.20. The van der Waals surface area contributed by atoms with Gasteiger partial charge in [0.1, 0.15) is 0 Å². The van der Waals surface area contributed by atoms with Crippen molar-refractivity contribution in [2.75, 3.05) is 0 Å². The van der Waals surface area contributed by atoms with Gasteiger partial charge in [0.2, 0.25) is 0 Å². The van der Waals surface area contributed by atoms with E-state index in [9.17, 15) is 0 Å². The molecule has 1 nitrogen and oxygen atoms in total. The van der Waals surface area contributed by atoms with E-state index in [-0.39, 0.29) is 0 Å². The van der Waals surface area contributed by atoms with Crippen molar-refractivity contribution in [1.29, 1.82) is 0 Å². The molecule has 0 aromatic carbocycles. The van der Waals surface area contributed by atoms with Crippen LogP contribution in [0.15, 0.2) is 17.5 Å². The topological polar surface area (TPSA) is 26.0 Å². The summed E-state index contributed by atoms with van der Waals surface area (Å²) in [5, 5.41) is 2.03. The average Bonchev–Trinajstić information content (AvgIpc) is 2.12. The molecule has 0 saturated carbocycles. The molecule has 56 valence electrons. The third kappa shape index (κ3) is 2.69. The fourth-order valence-electron chi connectivity index (χ4n) is 0.754. The number of alkyl halides is 1. The van der Waals surface area contributed by atoms with Crippen molar-refractivity contribution in [3.8, 4) is 0 Å². The van der Waals surface area contributed by atoms with Crippen LogP contribution in [-0.4, -0.2) is 5.00 Å². The maximum atomic E-state index is 5.81. The van der Waals surface area contributed by atoms with Crippen molar-refractivity contribution in [3.05, 3.63) is 22.4 Å². The first-order valence-corrected chi connectivity index (χ1v) is 4.34. The van der Waals surface area contributed by atoms with Gasteiger partial charge in [-0.3, -0.25) is 0 Å². The largest absolute Gasteiger partial charge is 0.313 e. The van der Waals surface area contributed by atoms with Crippen molar-refractivity contribution < 1.29 is 0 Å². The number of hydrogen-bond donors (Lipinski definition) is 1. The van der Waals surface area contributed by atoms with Crippen molar-refractivity contribution >= 4 is 22.9 Å². The van der Waals surface area contributed by atoms with E-state index in [1.54, 1.807) is 11.3 Å². The molecule has 1 aromatic rings. The van der Waals surface area contributed by atoms with E-state index in [4.69, 9.17) is 17.3 Å². The van der Waals surface area contributed by atoms with E-state index in [1.165, 1.54) is 4.88 Å². The van der Waals surface area contributed by atoms with Crippen molar-refractivity contribution in [3.63, 3.8) is 0 Å². The van der Waals surface area contributed by atoms with Gasteiger partial charge in [-0.05, 0) is 18.4 Å². The lowest BCUT2D eigenvalue weighted by atomic mass is 10.2. The zero-order valence-electron chi connectivity index (χ0n) is 5.80. The van der Waals surface area contributed by atoms with Gasteiger partial charge >= 0.3 is 0 Å². The molecule has 2 N–H and O–H groups in total. The normalized spacial score (nSPS) is 16.7. The first-order chi connectivity index (χ1) is 4.58. The van der Waals surface area contributed by atoms with Crippen LogP contribution < -0.4 is 5.73 Å². The molecule has 0 aliphatic rings. The lowest BCUT2D eigenvalue weighted by Crippen LogP contribution is -2.30. The first-order valence-electron chi connectivity index (χ1n) is 3.08. The van der Waals surface area contributed by atoms with Crippen LogP contribution in [0.25, 0.3) is 0 Å². The average molecular weight is 176 g/mol. The molecule has 0 fully saturated rings. The van der Waals surface area contributed by atoms with Crippen molar-refractivity contribution in [1.82, 2.24) is 0 Å². The van der Waals surface area contributed by atoms with Crippen LogP contribution in [0.1, 0.15) is 11.8 Å². The summed E-state index contributed by atoms with van der Waals surface area (Å²) in [6.45, 7) is 1.81. The molecule has 0 aliphatic carbocycles. The summed E-state index contributed by atoms with van der Waals surface area (Å²) in [5.74, 6) is 0. The standard InChI is InChI=1S/C7H10ClNS/c1-7(8,9)5-6-3-2-4-10-6/h2-4H,5,9H2,1H3. The second-order valence-corrected chi connectivity index (χ2v) is 4.43. The van der Waals surface area contributed by atoms with Crippen LogP contribution in [0.5, 0.6) is 0 Å². The van der Waals surface area contributed by atoms with Gasteiger partial charge in [-0.2, -0.15) is 0 Å². The summed E-state index contributed by atoms with van der Waals surface area (Å²) in [5.41, 5.74) is 5.60. The monoisotopic (exact) mass is 175 g/mol. The van der Waals surface area contributed by atoms with Crippen LogP contribution in [0.2, 0.25) is 0 Å². The molecule has 10 heavy (non-hydrogen) atoms. The Bertz CT molecular complexity index is 188. The molecule has 1 atom stereocenters. The number of thiophene rings is 1. The van der Waals surface area contributed by atoms with Gasteiger partial charge in [0.05, 0.1) is 5.00 Å². The molecular weight excluding hydrogens is 166 g/mol. The van der Waals surface area contributed by atoms with Gasteiger partial charge in [0.25, 0.3) is 0 Å². The van der Waals surface area contributed by atoms with Gasteiger partial charge in [0, 0.05) is 11.3 Å². The van der Waals surface area contributed by atoms with E-state index < -0.39 is 5.00 Å². The molecule has 0 amide bonds. The Labute approximate surface area is 69.8 Å². The fraction of sp³-hybridized carbons (Fsp3) is 0.429. The summed E-state index contributed by atoms with van der Waals surface area (Å²) < 4.78 is 0. The Kier molecular flexibility index (Phi) is 2.34. The molecule has 0 radical (unpaired) electrons. The van der Waals surface area contributed by atoms with Crippen LogP contribution in [0.4, 0.5) is 0 Å². The molecule has 0 aliphatic heterocycles. The Hall–Kier alpha value is -0.0500. The smallest absolute Gasteiger partial charge is 0.0930 e. The Balaban J connectivity index is 2.57. The highest BCUT2D eigenvalue weighted by molar-refractivity contribution is 7.09. The second-order valence-electron chi connectivity index (χ2n) is 2.53. The maximum Gasteiger partial charge on any atom is 0.0930 e. The highest BCUT2D eigenvalue weighted by Crippen LogP contribution is 2.18. The zero-order chi connectivity index (χ0) is 7.61. The van der Waals surface area contributed by atoms with Gasteiger partial charge in [-0.25, -0.2) is 0 Å². The number of hydrogen-bond acceptors (Lipinski definition) is 2. The first kappa shape index (κ1) is 8.05. The van der Waals surface area contributed by atoms with E-state index in [0.717, 1.165) is 6.42 Å². The van der Waals surface area contributed by atoms with Gasteiger partial charge in [-0.1, -0.05) is 6.07 Å². The maximum absolute atomic E-state index is 5.81. The molecule has 0 bridgehead atoms. The molecule has 3 heteroatoms. The van der Waals surface area contributed by atoms with Crippen LogP contribution >= 0.6 is 22.9 Å². The van der Waals surface area contributed by atoms with Crippen LogP contribution in [0, 0.1) is 0 Å². The molecule has 1 unspecified atom stereocenters. The minimum Gasteiger partial charge on any atom is -0.313 e. The third-order valence-corrected chi connectivity index (χ3v) is 2.11. The fourth-order valence-corrected chi connectivity index (χ4v) is 1.85. The third-order valence-electron chi connectivity index (χ3n) is 1.10. The summed E-state index contributed by atoms with van der Waals surface area (Å²) in [6.07, 6.45) is 0.742. The molecule has 0 spiro atoms. The summed E-state index contributed by atoms with van der Waals surface area (Å²) in [4.78, 5) is 0.644. The summed E-state index contributed by atoms with van der Waals surface area (Å²) in [6, 6.07) is 4.04. The minimum absolute atomic E-state index is 0.592. The van der Waals surface area contributed by atoms with E-state index in [1.807, 2.05) is 24.4 Å². The number of nitrogens with two attached hydrogens (primary N) is 1. The highest BCUT2D eigenvalue weighted by atomic mass is 35.5. The second kappa shape index (κ2) is 2.91. The van der Waals surface area contributed by atoms with Crippen LogP contribution in [-0.2, 0) is 6.42 Å². The highest BCUT2D eigenvalue weighted by Gasteiger charge is 2.14. The Morgan fingerprint density at radius 1 is 1.80 bits per heavy atom. The lowest BCUT2D eigenvalue weighted by Gasteiger charge is -2.13. The minimum atomic E-state index is -0.592. The Morgan fingerprint density at radius 2 is 2.50 bits per heavy atom. The molecule has 0 saturated heterocycles. The van der Waals surface area contributed by atoms with E-state index >= 15 is 0 Å². The van der Waals surface area contributed by atoms with Crippen molar-refractivity contribution in [2.24, 2.45) is 5.73 Å². The van der Waals surface area contributed by atoms with Crippen LogP contribution in [0.3, 0.4) is 0 Å². The van der Waals surface area contributed by atoms with Crippen molar-refractivity contribution in [2.45, 2.75) is 18.3 Å². The molecule has 1 rings (SSSR count). The van der Waals surface area contributed by atoms with Gasteiger partial charge < -0.3 is 5.73 Å². The SMILES string of the molecule is CC(N)(Cl)Cc1cccs1. The molecule has 1 aromatic heterocycles. The number of rotatable bonds is 2. The quantitative estimate of drug-likeness (QED) is 0.542. The zero-order valence-corrected chi connectivity index (χ0v) is 7.38. The van der Waals surface area contributed by atoms with Gasteiger partial charge in [-0.15, -0.1) is 22.9 Å². The Morgan fingerprint density at radius 3 is 2.90 bits per heavy atom. The lowest BCUT2D eigenvalue weighted by molar-refractivity contribution is 0.665. The number of halogens is 1. The summed E-state index contributed by atoms with van der Waals surface area (Å²) >= 11 is 7.49. The van der Waals surface area contributed by atoms with E-state index in [0.29, 0.717) is 0 Å². The molecular formula is C7H10ClNS. The predicted molar refractivity (Wildman–Crippen MR) is 46.5 cm³/mol. The van der Waals surface area contributed by atoms with E-state index in [2.05, 4.69) is 0 Å².